The molecule has 0 aliphatic carbocycles. The molecule has 2 unspecified atom stereocenters. The summed E-state index contributed by atoms with van der Waals surface area (Å²) in [7, 11) is 0. The van der Waals surface area contributed by atoms with Crippen molar-refractivity contribution in [1.29, 1.82) is 0 Å². The van der Waals surface area contributed by atoms with E-state index in [0.717, 1.165) is 0 Å². The average Bonchev–Trinajstić information content (AvgIpc) is 2.68. The summed E-state index contributed by atoms with van der Waals surface area (Å²) in [5, 5.41) is 0.361. The summed E-state index contributed by atoms with van der Waals surface area (Å²) in [4.78, 5) is 0. The first-order chi connectivity index (χ1) is 13.6. The molecule has 1 aromatic rings. The minimum atomic E-state index is 0.361. The first kappa shape index (κ1) is 25.5. The van der Waals surface area contributed by atoms with E-state index in [9.17, 15) is 0 Å². The van der Waals surface area contributed by atoms with Crippen LogP contribution in [-0.2, 0) is 6.42 Å². The molecule has 0 saturated heterocycles. The largest absolute Gasteiger partial charge is 0.123 e. The molecule has 0 aromatic heterocycles. The summed E-state index contributed by atoms with van der Waals surface area (Å²) >= 11 is 5.98. The minimum absolute atomic E-state index is 0.361. The van der Waals surface area contributed by atoms with Crippen LogP contribution in [0.2, 0.25) is 0 Å². The molecule has 0 N–H and O–H groups in total. The van der Waals surface area contributed by atoms with E-state index in [4.69, 9.17) is 11.6 Å². The van der Waals surface area contributed by atoms with Crippen LogP contribution in [0.25, 0.3) is 0 Å². The molecule has 0 fully saturated rings. The molecule has 0 aliphatic heterocycles. The Balaban J connectivity index is 1.92. The van der Waals surface area contributed by atoms with Crippen molar-refractivity contribution < 1.29 is 0 Å². The van der Waals surface area contributed by atoms with E-state index in [1.54, 1.807) is 0 Å². The van der Waals surface area contributed by atoms with Crippen molar-refractivity contribution in [1.82, 2.24) is 0 Å². The predicted molar refractivity (Wildman–Crippen MR) is 128 cm³/mol. The highest BCUT2D eigenvalue weighted by molar-refractivity contribution is 6.20. The summed E-state index contributed by atoms with van der Waals surface area (Å²) in [6, 6.07) is 11.0. The third-order valence-electron chi connectivity index (χ3n) is 6.46. The molecule has 2 atom stereocenters. The van der Waals surface area contributed by atoms with Gasteiger partial charge in [0.25, 0.3) is 0 Å². The number of hydrogen-bond acceptors (Lipinski definition) is 0. The van der Waals surface area contributed by atoms with E-state index in [2.05, 4.69) is 51.1 Å². The van der Waals surface area contributed by atoms with Gasteiger partial charge in [-0.05, 0) is 37.2 Å². The Morgan fingerprint density at radius 2 is 1.21 bits per heavy atom. The lowest BCUT2D eigenvalue weighted by atomic mass is 9.77. The van der Waals surface area contributed by atoms with Crippen LogP contribution < -0.4 is 0 Å². The van der Waals surface area contributed by atoms with Crippen LogP contribution in [0.1, 0.15) is 123 Å². The van der Waals surface area contributed by atoms with Gasteiger partial charge in [-0.1, -0.05) is 128 Å². The number of benzene rings is 1. The maximum atomic E-state index is 5.98. The third-order valence-corrected chi connectivity index (χ3v) is 6.68. The summed E-state index contributed by atoms with van der Waals surface area (Å²) < 4.78 is 0. The Hall–Kier alpha value is -0.490. The molecule has 1 heteroatoms. The van der Waals surface area contributed by atoms with Crippen molar-refractivity contribution in [2.24, 2.45) is 5.41 Å². The van der Waals surface area contributed by atoms with Crippen molar-refractivity contribution in [2.75, 3.05) is 0 Å². The van der Waals surface area contributed by atoms with Gasteiger partial charge in [0, 0.05) is 5.38 Å². The Labute approximate surface area is 181 Å². The van der Waals surface area contributed by atoms with Gasteiger partial charge in [0.1, 0.15) is 0 Å². The summed E-state index contributed by atoms with van der Waals surface area (Å²) in [6.45, 7) is 6.95. The molecule has 28 heavy (non-hydrogen) atoms. The number of halogens is 1. The van der Waals surface area contributed by atoms with Gasteiger partial charge >= 0.3 is 0 Å². The number of alkyl halides is 1. The van der Waals surface area contributed by atoms with Crippen molar-refractivity contribution in [3.8, 4) is 0 Å². The van der Waals surface area contributed by atoms with E-state index in [0.29, 0.717) is 10.8 Å². The van der Waals surface area contributed by atoms with Crippen molar-refractivity contribution in [3.63, 3.8) is 0 Å². The molecule has 1 rings (SSSR count). The molecule has 0 saturated carbocycles. The second-order valence-electron chi connectivity index (χ2n) is 9.39. The average molecular weight is 407 g/mol. The Morgan fingerprint density at radius 1 is 0.750 bits per heavy atom. The SMILES string of the molecule is CCC(C)(CCCCCCCCCCCCCCC(C)Cl)Cc1ccccc1. The van der Waals surface area contributed by atoms with Gasteiger partial charge in [0.15, 0.2) is 0 Å². The third kappa shape index (κ3) is 13.6. The lowest BCUT2D eigenvalue weighted by molar-refractivity contribution is 0.270. The molecular formula is C27H47Cl. The summed E-state index contributed by atoms with van der Waals surface area (Å²) in [5.74, 6) is 0. The molecule has 0 nitrogen and oxygen atoms in total. The Morgan fingerprint density at radius 3 is 1.68 bits per heavy atom. The highest BCUT2D eigenvalue weighted by atomic mass is 35.5. The normalized spacial score (nSPS) is 14.7. The van der Waals surface area contributed by atoms with Gasteiger partial charge in [0.05, 0.1) is 0 Å². The fraction of sp³-hybridized carbons (Fsp3) is 0.778. The zero-order chi connectivity index (χ0) is 20.5. The molecule has 0 spiro atoms. The maximum Gasteiger partial charge on any atom is 0.0307 e. The second kappa shape index (κ2) is 16.3. The lowest BCUT2D eigenvalue weighted by Crippen LogP contribution is -2.18. The van der Waals surface area contributed by atoms with Crippen LogP contribution in [0.5, 0.6) is 0 Å². The zero-order valence-electron chi connectivity index (χ0n) is 19.2. The minimum Gasteiger partial charge on any atom is -0.123 e. The van der Waals surface area contributed by atoms with Crippen LogP contribution >= 0.6 is 11.6 Å². The highest BCUT2D eigenvalue weighted by Gasteiger charge is 2.21. The number of hydrogen-bond donors (Lipinski definition) is 0. The molecule has 1 aromatic carbocycles. The van der Waals surface area contributed by atoms with E-state index < -0.39 is 0 Å². The monoisotopic (exact) mass is 406 g/mol. The summed E-state index contributed by atoms with van der Waals surface area (Å²) in [6.07, 6.45) is 22.0. The van der Waals surface area contributed by atoms with Gasteiger partial charge in [-0.2, -0.15) is 0 Å². The first-order valence-electron chi connectivity index (χ1n) is 12.2. The summed E-state index contributed by atoms with van der Waals surface area (Å²) in [5.41, 5.74) is 1.98. The first-order valence-corrected chi connectivity index (χ1v) is 12.7. The predicted octanol–water partition coefficient (Wildman–Crippen LogP) is 9.73. The van der Waals surface area contributed by atoms with Gasteiger partial charge in [-0.25, -0.2) is 0 Å². The van der Waals surface area contributed by atoms with E-state index in [-0.39, 0.29) is 0 Å². The number of unbranched alkanes of at least 4 members (excludes halogenated alkanes) is 11. The molecule has 0 amide bonds. The van der Waals surface area contributed by atoms with Gasteiger partial charge in [-0.15, -0.1) is 11.6 Å². The second-order valence-corrected chi connectivity index (χ2v) is 10.1. The van der Waals surface area contributed by atoms with Crippen molar-refractivity contribution in [2.45, 2.75) is 129 Å². The molecule has 0 radical (unpaired) electrons. The van der Waals surface area contributed by atoms with Crippen molar-refractivity contribution >= 4 is 11.6 Å². The lowest BCUT2D eigenvalue weighted by Gasteiger charge is -2.28. The topological polar surface area (TPSA) is 0 Å². The Kier molecular flexibility index (Phi) is 14.9. The molecule has 0 bridgehead atoms. The molecule has 0 heterocycles. The van der Waals surface area contributed by atoms with Crippen LogP contribution in [0.15, 0.2) is 30.3 Å². The number of rotatable bonds is 18. The van der Waals surface area contributed by atoms with Gasteiger partial charge < -0.3 is 0 Å². The fourth-order valence-corrected chi connectivity index (χ4v) is 4.38. The van der Waals surface area contributed by atoms with Gasteiger partial charge in [-0.3, -0.25) is 0 Å². The van der Waals surface area contributed by atoms with Crippen LogP contribution in [0.4, 0.5) is 0 Å². The molecule has 162 valence electrons. The molecular weight excluding hydrogens is 360 g/mol. The van der Waals surface area contributed by atoms with E-state index >= 15 is 0 Å². The van der Waals surface area contributed by atoms with E-state index in [1.165, 1.54) is 108 Å². The van der Waals surface area contributed by atoms with Crippen LogP contribution in [0.3, 0.4) is 0 Å². The maximum absolute atomic E-state index is 5.98. The fourth-order valence-electron chi connectivity index (χ4n) is 4.22. The standard InChI is InChI=1S/C27H47Cl/c1-4-27(3,24-26-21-17-15-18-22-26)23-19-14-12-10-8-6-5-7-9-11-13-16-20-25(2)28/h15,17-18,21-22,25H,4-14,16,19-20,23-24H2,1-3H3. The quantitative estimate of drug-likeness (QED) is 0.168. The van der Waals surface area contributed by atoms with Crippen LogP contribution in [0, 0.1) is 5.41 Å². The zero-order valence-corrected chi connectivity index (χ0v) is 19.9. The molecule has 0 aliphatic rings. The van der Waals surface area contributed by atoms with Crippen LogP contribution in [-0.4, -0.2) is 5.38 Å². The van der Waals surface area contributed by atoms with E-state index in [1.807, 2.05) is 0 Å². The Bertz CT molecular complexity index is 453. The van der Waals surface area contributed by atoms with Crippen molar-refractivity contribution in [3.05, 3.63) is 35.9 Å². The highest BCUT2D eigenvalue weighted by Crippen LogP contribution is 2.32. The smallest absolute Gasteiger partial charge is 0.0307 e. The van der Waals surface area contributed by atoms with Gasteiger partial charge in [0.2, 0.25) is 0 Å².